The van der Waals surface area contributed by atoms with Crippen molar-refractivity contribution in [3.8, 4) is 5.69 Å². The summed E-state index contributed by atoms with van der Waals surface area (Å²) in [6, 6.07) is 3.00. The van der Waals surface area contributed by atoms with Gasteiger partial charge in [0.15, 0.2) is 5.43 Å². The van der Waals surface area contributed by atoms with Gasteiger partial charge in [0.1, 0.15) is 5.82 Å². The number of hydrogen-bond acceptors (Lipinski definition) is 3. The van der Waals surface area contributed by atoms with Gasteiger partial charge in [0.25, 0.3) is 0 Å². The van der Waals surface area contributed by atoms with E-state index >= 15 is 0 Å². The lowest BCUT2D eigenvalue weighted by atomic mass is 10.4. The molecule has 0 aliphatic rings. The van der Waals surface area contributed by atoms with Crippen LogP contribution in [-0.2, 0) is 0 Å². The fourth-order valence-electron chi connectivity index (χ4n) is 1.10. The lowest BCUT2D eigenvalue weighted by Gasteiger charge is -2.03. The highest BCUT2D eigenvalue weighted by Crippen LogP contribution is 2.01. The molecule has 0 aliphatic heterocycles. The maximum Gasteiger partial charge on any atom is 0.181 e. The smallest absolute Gasteiger partial charge is 0.181 e. The predicted molar refractivity (Wildman–Crippen MR) is 52.4 cm³/mol. The molecule has 0 saturated carbocycles. The van der Waals surface area contributed by atoms with Gasteiger partial charge in [0.2, 0.25) is 0 Å². The second-order valence-corrected chi connectivity index (χ2v) is 2.93. The van der Waals surface area contributed by atoms with Crippen molar-refractivity contribution in [3.63, 3.8) is 0 Å². The minimum Gasteiger partial charge on any atom is -0.321 e. The standard InChI is InChI=1S/C10H9N3O/c1-8-11-6-9(7-12-8)13-4-2-10(14)3-5-13/h2-7H,1H3. The molecule has 0 N–H and O–H groups in total. The molecule has 0 fully saturated rings. The van der Waals surface area contributed by atoms with E-state index < -0.39 is 0 Å². The van der Waals surface area contributed by atoms with E-state index in [1.54, 1.807) is 29.4 Å². The summed E-state index contributed by atoms with van der Waals surface area (Å²) in [6.07, 6.45) is 6.81. The third-order valence-corrected chi connectivity index (χ3v) is 1.86. The Morgan fingerprint density at radius 2 is 1.71 bits per heavy atom. The molecule has 0 aromatic carbocycles. The van der Waals surface area contributed by atoms with E-state index in [1.165, 1.54) is 12.1 Å². The molecule has 0 saturated heterocycles. The van der Waals surface area contributed by atoms with Crippen LogP contribution < -0.4 is 5.43 Å². The SMILES string of the molecule is Cc1ncc(-n2ccc(=O)cc2)cn1. The molecule has 2 heterocycles. The van der Waals surface area contributed by atoms with Crippen LogP contribution in [0.2, 0.25) is 0 Å². The summed E-state index contributed by atoms with van der Waals surface area (Å²) < 4.78 is 1.79. The summed E-state index contributed by atoms with van der Waals surface area (Å²) in [5, 5.41) is 0. The summed E-state index contributed by atoms with van der Waals surface area (Å²) in [5.74, 6) is 0.731. The van der Waals surface area contributed by atoms with Crippen LogP contribution in [0.4, 0.5) is 0 Å². The summed E-state index contributed by atoms with van der Waals surface area (Å²) >= 11 is 0. The van der Waals surface area contributed by atoms with Crippen LogP contribution in [0.3, 0.4) is 0 Å². The molecule has 0 amide bonds. The first-order valence-electron chi connectivity index (χ1n) is 4.23. The number of hydrogen-bond donors (Lipinski definition) is 0. The molecular weight excluding hydrogens is 178 g/mol. The third-order valence-electron chi connectivity index (χ3n) is 1.86. The molecule has 0 bridgehead atoms. The van der Waals surface area contributed by atoms with E-state index in [-0.39, 0.29) is 5.43 Å². The van der Waals surface area contributed by atoms with Crippen molar-refractivity contribution >= 4 is 0 Å². The number of aryl methyl sites for hydroxylation is 1. The lowest BCUT2D eigenvalue weighted by Crippen LogP contribution is -2.02. The molecule has 0 unspecified atom stereocenters. The number of pyridine rings is 1. The van der Waals surface area contributed by atoms with Crippen molar-refractivity contribution in [2.24, 2.45) is 0 Å². The van der Waals surface area contributed by atoms with Crippen LogP contribution in [0.5, 0.6) is 0 Å². The van der Waals surface area contributed by atoms with Crippen molar-refractivity contribution in [2.45, 2.75) is 6.92 Å². The summed E-state index contributed by atoms with van der Waals surface area (Å²) in [6.45, 7) is 1.83. The van der Waals surface area contributed by atoms with E-state index in [4.69, 9.17) is 0 Å². The van der Waals surface area contributed by atoms with Crippen molar-refractivity contribution in [1.82, 2.24) is 14.5 Å². The van der Waals surface area contributed by atoms with Gasteiger partial charge in [-0.15, -0.1) is 0 Å². The van der Waals surface area contributed by atoms with E-state index in [9.17, 15) is 4.79 Å². The van der Waals surface area contributed by atoms with Crippen LogP contribution in [0, 0.1) is 6.92 Å². The Hall–Kier alpha value is -1.97. The quantitative estimate of drug-likeness (QED) is 0.667. The Morgan fingerprint density at radius 3 is 2.29 bits per heavy atom. The Labute approximate surface area is 80.9 Å². The largest absolute Gasteiger partial charge is 0.321 e. The number of rotatable bonds is 1. The van der Waals surface area contributed by atoms with Crippen molar-refractivity contribution in [2.75, 3.05) is 0 Å². The maximum atomic E-state index is 10.9. The normalized spacial score (nSPS) is 10.1. The Morgan fingerprint density at radius 1 is 1.14 bits per heavy atom. The van der Waals surface area contributed by atoms with Gasteiger partial charge in [0, 0.05) is 24.5 Å². The third kappa shape index (κ3) is 1.69. The van der Waals surface area contributed by atoms with Crippen molar-refractivity contribution in [3.05, 3.63) is 53.0 Å². The fourth-order valence-corrected chi connectivity index (χ4v) is 1.10. The first kappa shape index (κ1) is 8.62. The summed E-state index contributed by atoms with van der Waals surface area (Å²) in [5.41, 5.74) is 0.838. The van der Waals surface area contributed by atoms with Crippen LogP contribution in [0.25, 0.3) is 5.69 Å². The van der Waals surface area contributed by atoms with Gasteiger partial charge in [-0.1, -0.05) is 0 Å². The Kier molecular flexibility index (Phi) is 2.10. The van der Waals surface area contributed by atoms with E-state index in [1.807, 2.05) is 6.92 Å². The molecule has 0 radical (unpaired) electrons. The Bertz CT molecular complexity index is 467. The molecule has 4 nitrogen and oxygen atoms in total. The maximum absolute atomic E-state index is 10.9. The Balaban J connectivity index is 2.44. The average Bonchev–Trinajstić information content (AvgIpc) is 2.21. The van der Waals surface area contributed by atoms with Gasteiger partial charge in [0.05, 0.1) is 18.1 Å². The fraction of sp³-hybridized carbons (Fsp3) is 0.100. The second kappa shape index (κ2) is 3.41. The molecule has 2 aromatic heterocycles. The van der Waals surface area contributed by atoms with Crippen LogP contribution in [0.1, 0.15) is 5.82 Å². The monoisotopic (exact) mass is 187 g/mol. The number of nitrogens with zero attached hydrogens (tertiary/aromatic N) is 3. The van der Waals surface area contributed by atoms with Gasteiger partial charge >= 0.3 is 0 Å². The van der Waals surface area contributed by atoms with Gasteiger partial charge in [-0.25, -0.2) is 9.97 Å². The predicted octanol–water partition coefficient (Wildman–Crippen LogP) is 0.936. The zero-order valence-electron chi connectivity index (χ0n) is 7.71. The first-order valence-corrected chi connectivity index (χ1v) is 4.23. The highest BCUT2D eigenvalue weighted by atomic mass is 16.1. The van der Waals surface area contributed by atoms with Gasteiger partial charge in [-0.3, -0.25) is 4.79 Å². The second-order valence-electron chi connectivity index (χ2n) is 2.93. The van der Waals surface area contributed by atoms with Gasteiger partial charge in [-0.2, -0.15) is 0 Å². The minimum atomic E-state index is -0.00530. The zero-order valence-corrected chi connectivity index (χ0v) is 7.71. The molecule has 2 aromatic rings. The molecule has 2 rings (SSSR count). The molecule has 70 valence electrons. The van der Waals surface area contributed by atoms with Gasteiger partial charge < -0.3 is 4.57 Å². The van der Waals surface area contributed by atoms with E-state index in [2.05, 4.69) is 9.97 Å². The van der Waals surface area contributed by atoms with E-state index in [0.29, 0.717) is 0 Å². The van der Waals surface area contributed by atoms with Crippen molar-refractivity contribution in [1.29, 1.82) is 0 Å². The minimum absolute atomic E-state index is 0.00530. The van der Waals surface area contributed by atoms with E-state index in [0.717, 1.165) is 11.5 Å². The highest BCUT2D eigenvalue weighted by Gasteiger charge is 1.94. The molecular formula is C10H9N3O. The van der Waals surface area contributed by atoms with Gasteiger partial charge in [-0.05, 0) is 6.92 Å². The average molecular weight is 187 g/mol. The molecule has 0 spiro atoms. The van der Waals surface area contributed by atoms with Crippen LogP contribution in [0.15, 0.2) is 41.7 Å². The highest BCUT2D eigenvalue weighted by molar-refractivity contribution is 5.25. The summed E-state index contributed by atoms with van der Waals surface area (Å²) in [4.78, 5) is 19.0. The van der Waals surface area contributed by atoms with Crippen molar-refractivity contribution < 1.29 is 0 Å². The first-order chi connectivity index (χ1) is 6.75. The van der Waals surface area contributed by atoms with Crippen LogP contribution >= 0.6 is 0 Å². The zero-order chi connectivity index (χ0) is 9.97. The van der Waals surface area contributed by atoms with Crippen LogP contribution in [-0.4, -0.2) is 14.5 Å². The molecule has 0 atom stereocenters. The molecule has 4 heteroatoms. The number of aromatic nitrogens is 3. The molecule has 0 aliphatic carbocycles. The summed E-state index contributed by atoms with van der Waals surface area (Å²) in [7, 11) is 0. The topological polar surface area (TPSA) is 47.8 Å². The molecule has 14 heavy (non-hydrogen) atoms. The lowest BCUT2D eigenvalue weighted by molar-refractivity contribution is 0.965.